The smallest absolute Gasteiger partial charge is 0.307 e. The highest BCUT2D eigenvalue weighted by molar-refractivity contribution is 5.70. The van der Waals surface area contributed by atoms with Gasteiger partial charge >= 0.3 is 5.97 Å². The van der Waals surface area contributed by atoms with Crippen molar-refractivity contribution in [2.45, 2.75) is 52.1 Å². The van der Waals surface area contributed by atoms with Gasteiger partial charge in [0.05, 0.1) is 31.1 Å². The Labute approximate surface area is 120 Å². The highest BCUT2D eigenvalue weighted by Gasteiger charge is 2.31. The van der Waals surface area contributed by atoms with Crippen molar-refractivity contribution in [2.24, 2.45) is 0 Å². The molecule has 0 spiro atoms. The molecule has 2 rings (SSSR count). The van der Waals surface area contributed by atoms with Crippen molar-refractivity contribution in [3.05, 3.63) is 18.2 Å². The van der Waals surface area contributed by atoms with Gasteiger partial charge in [-0.25, -0.2) is 4.98 Å². The fourth-order valence-electron chi connectivity index (χ4n) is 2.69. The minimum absolute atomic E-state index is 0.0622. The Morgan fingerprint density at radius 1 is 1.45 bits per heavy atom. The number of esters is 1. The maximum Gasteiger partial charge on any atom is 0.307 e. The van der Waals surface area contributed by atoms with Crippen LogP contribution in [0.2, 0.25) is 0 Å². The SMILES string of the molecule is CCOC(=O)CC(c1cncn1C1CC1)N(CC)CC. The molecular formula is C15H25N3O2. The van der Waals surface area contributed by atoms with Crippen molar-refractivity contribution in [1.29, 1.82) is 0 Å². The van der Waals surface area contributed by atoms with E-state index < -0.39 is 0 Å². The summed E-state index contributed by atoms with van der Waals surface area (Å²) in [6.07, 6.45) is 6.63. The van der Waals surface area contributed by atoms with Gasteiger partial charge in [0.25, 0.3) is 0 Å². The average molecular weight is 279 g/mol. The quantitative estimate of drug-likeness (QED) is 0.686. The summed E-state index contributed by atoms with van der Waals surface area (Å²) in [6, 6.07) is 0.639. The van der Waals surface area contributed by atoms with Gasteiger partial charge in [0.15, 0.2) is 0 Å². The van der Waals surface area contributed by atoms with Crippen LogP contribution in [0, 0.1) is 0 Å². The molecule has 0 aliphatic heterocycles. The van der Waals surface area contributed by atoms with E-state index >= 15 is 0 Å². The van der Waals surface area contributed by atoms with E-state index in [0.717, 1.165) is 18.8 Å². The van der Waals surface area contributed by atoms with Crippen LogP contribution in [-0.4, -0.2) is 40.1 Å². The number of carbonyl (C=O) groups excluding carboxylic acids is 1. The van der Waals surface area contributed by atoms with Crippen molar-refractivity contribution in [3.8, 4) is 0 Å². The van der Waals surface area contributed by atoms with Gasteiger partial charge in [-0.15, -0.1) is 0 Å². The van der Waals surface area contributed by atoms with Gasteiger partial charge in [0.2, 0.25) is 0 Å². The number of carbonyl (C=O) groups is 1. The zero-order chi connectivity index (χ0) is 14.5. The molecule has 112 valence electrons. The molecular weight excluding hydrogens is 254 g/mol. The average Bonchev–Trinajstić information content (AvgIpc) is 3.17. The van der Waals surface area contributed by atoms with Crippen LogP contribution < -0.4 is 0 Å². The molecule has 1 aromatic rings. The predicted molar refractivity (Wildman–Crippen MR) is 77.4 cm³/mol. The standard InChI is InChI=1S/C15H25N3O2/c1-4-17(5-2)13(9-15(19)20-6-3)14-10-16-11-18(14)12-7-8-12/h10-13H,4-9H2,1-3H3. The molecule has 1 fully saturated rings. The molecule has 1 atom stereocenters. The summed E-state index contributed by atoms with van der Waals surface area (Å²) >= 11 is 0. The first kappa shape index (κ1) is 15.0. The monoisotopic (exact) mass is 279 g/mol. The molecule has 1 saturated carbocycles. The summed E-state index contributed by atoms with van der Waals surface area (Å²) in [5, 5.41) is 0. The van der Waals surface area contributed by atoms with Crippen LogP contribution in [0.25, 0.3) is 0 Å². The van der Waals surface area contributed by atoms with E-state index in [2.05, 4.69) is 28.3 Å². The molecule has 0 radical (unpaired) electrons. The molecule has 20 heavy (non-hydrogen) atoms. The van der Waals surface area contributed by atoms with Crippen LogP contribution in [0.15, 0.2) is 12.5 Å². The summed E-state index contributed by atoms with van der Waals surface area (Å²) in [5.41, 5.74) is 1.14. The second-order valence-electron chi connectivity index (χ2n) is 5.20. The summed E-state index contributed by atoms with van der Waals surface area (Å²) in [7, 11) is 0. The van der Waals surface area contributed by atoms with Crippen molar-refractivity contribution in [1.82, 2.24) is 14.5 Å². The highest BCUT2D eigenvalue weighted by Crippen LogP contribution is 2.38. The topological polar surface area (TPSA) is 47.4 Å². The van der Waals surface area contributed by atoms with Gasteiger partial charge in [-0.05, 0) is 32.9 Å². The first-order valence-electron chi connectivity index (χ1n) is 7.62. The Kier molecular flexibility index (Phi) is 5.17. The van der Waals surface area contributed by atoms with Crippen molar-refractivity contribution >= 4 is 5.97 Å². The Bertz CT molecular complexity index is 436. The van der Waals surface area contributed by atoms with Gasteiger partial charge < -0.3 is 9.30 Å². The second kappa shape index (κ2) is 6.88. The fourth-order valence-corrected chi connectivity index (χ4v) is 2.69. The molecule has 1 aliphatic carbocycles. The van der Waals surface area contributed by atoms with Gasteiger partial charge in [-0.1, -0.05) is 13.8 Å². The second-order valence-corrected chi connectivity index (χ2v) is 5.20. The summed E-state index contributed by atoms with van der Waals surface area (Å²) in [4.78, 5) is 18.5. The number of hydrogen-bond donors (Lipinski definition) is 0. The van der Waals surface area contributed by atoms with Crippen LogP contribution in [0.4, 0.5) is 0 Å². The third-order valence-corrected chi connectivity index (χ3v) is 3.90. The summed E-state index contributed by atoms with van der Waals surface area (Å²) in [5.74, 6) is -0.132. The lowest BCUT2D eigenvalue weighted by Gasteiger charge is -2.29. The highest BCUT2D eigenvalue weighted by atomic mass is 16.5. The third kappa shape index (κ3) is 3.39. The van der Waals surface area contributed by atoms with Gasteiger partial charge in [-0.2, -0.15) is 0 Å². The first-order valence-corrected chi connectivity index (χ1v) is 7.62. The van der Waals surface area contributed by atoms with E-state index in [1.807, 2.05) is 19.4 Å². The van der Waals surface area contributed by atoms with Crippen molar-refractivity contribution in [3.63, 3.8) is 0 Å². The van der Waals surface area contributed by atoms with E-state index in [4.69, 9.17) is 4.74 Å². The number of imidazole rings is 1. The number of rotatable bonds is 8. The lowest BCUT2D eigenvalue weighted by molar-refractivity contribution is -0.144. The number of aromatic nitrogens is 2. The van der Waals surface area contributed by atoms with Crippen LogP contribution in [0.3, 0.4) is 0 Å². The van der Waals surface area contributed by atoms with E-state index in [1.54, 1.807) is 0 Å². The van der Waals surface area contributed by atoms with E-state index in [9.17, 15) is 4.79 Å². The van der Waals surface area contributed by atoms with Crippen molar-refractivity contribution < 1.29 is 9.53 Å². The number of ether oxygens (including phenoxy) is 1. The molecule has 1 heterocycles. The summed E-state index contributed by atoms with van der Waals surface area (Å²) < 4.78 is 7.37. The zero-order valence-corrected chi connectivity index (χ0v) is 12.7. The maximum atomic E-state index is 11.9. The number of hydrogen-bond acceptors (Lipinski definition) is 4. The molecule has 0 bridgehead atoms. The largest absolute Gasteiger partial charge is 0.466 e. The molecule has 1 unspecified atom stereocenters. The zero-order valence-electron chi connectivity index (χ0n) is 12.7. The Hall–Kier alpha value is -1.36. The Balaban J connectivity index is 2.20. The van der Waals surface area contributed by atoms with Crippen molar-refractivity contribution in [2.75, 3.05) is 19.7 Å². The maximum absolute atomic E-state index is 11.9. The molecule has 1 aliphatic rings. The first-order chi connectivity index (χ1) is 9.71. The summed E-state index contributed by atoms with van der Waals surface area (Å²) in [6.45, 7) is 8.36. The molecule has 1 aromatic heterocycles. The van der Waals surface area contributed by atoms with Gasteiger partial charge in [0.1, 0.15) is 0 Å². The fraction of sp³-hybridized carbons (Fsp3) is 0.733. The van der Waals surface area contributed by atoms with Crippen LogP contribution in [-0.2, 0) is 9.53 Å². The lowest BCUT2D eigenvalue weighted by Crippen LogP contribution is -2.32. The van der Waals surface area contributed by atoms with E-state index in [0.29, 0.717) is 19.1 Å². The predicted octanol–water partition coefficient (Wildman–Crippen LogP) is 2.55. The third-order valence-electron chi connectivity index (χ3n) is 3.90. The minimum Gasteiger partial charge on any atom is -0.466 e. The lowest BCUT2D eigenvalue weighted by atomic mass is 10.1. The number of nitrogens with zero attached hydrogens (tertiary/aromatic N) is 3. The molecule has 0 aromatic carbocycles. The van der Waals surface area contributed by atoms with Crippen LogP contribution >= 0.6 is 0 Å². The van der Waals surface area contributed by atoms with Crippen LogP contribution in [0.5, 0.6) is 0 Å². The van der Waals surface area contributed by atoms with Gasteiger partial charge in [0, 0.05) is 12.2 Å². The molecule has 5 heteroatoms. The Morgan fingerprint density at radius 3 is 2.70 bits per heavy atom. The van der Waals surface area contributed by atoms with E-state index in [1.165, 1.54) is 12.8 Å². The normalized spacial score (nSPS) is 16.4. The molecule has 5 nitrogen and oxygen atoms in total. The van der Waals surface area contributed by atoms with E-state index in [-0.39, 0.29) is 12.0 Å². The Morgan fingerprint density at radius 2 is 2.15 bits per heavy atom. The molecule has 0 N–H and O–H groups in total. The molecule has 0 saturated heterocycles. The molecule has 0 amide bonds. The minimum atomic E-state index is -0.132. The van der Waals surface area contributed by atoms with Gasteiger partial charge in [-0.3, -0.25) is 9.69 Å². The van der Waals surface area contributed by atoms with Crippen LogP contribution in [0.1, 0.15) is 57.8 Å².